The fourth-order valence-corrected chi connectivity index (χ4v) is 4.20. The van der Waals surface area contributed by atoms with Gasteiger partial charge in [0.05, 0.1) is 26.1 Å². The lowest BCUT2D eigenvalue weighted by atomic mass is 9.79. The molecule has 0 amide bonds. The van der Waals surface area contributed by atoms with E-state index >= 15 is 0 Å². The van der Waals surface area contributed by atoms with Crippen LogP contribution in [-0.4, -0.2) is 38.5 Å². The van der Waals surface area contributed by atoms with Crippen LogP contribution in [0.2, 0.25) is 0 Å². The quantitative estimate of drug-likeness (QED) is 0.581. The number of hydrogen-bond donors (Lipinski definition) is 0. The van der Waals surface area contributed by atoms with Crippen LogP contribution >= 0.6 is 0 Å². The topological polar surface area (TPSA) is 78.9 Å². The number of hydrogen-bond acceptors (Lipinski definition) is 6. The summed E-state index contributed by atoms with van der Waals surface area (Å²) in [6, 6.07) is 6.62. The first kappa shape index (κ1) is 17.5. The highest BCUT2D eigenvalue weighted by Gasteiger charge is 2.55. The van der Waals surface area contributed by atoms with Gasteiger partial charge in [0.15, 0.2) is 12.4 Å². The number of ketones is 1. The minimum absolute atomic E-state index is 0.151. The molecule has 0 aliphatic heterocycles. The first-order valence-corrected chi connectivity index (χ1v) is 8.47. The predicted octanol–water partition coefficient (Wildman–Crippen LogP) is 2.26. The zero-order valence-electron chi connectivity index (χ0n) is 14.4. The normalized spacial score (nSPS) is 27.0. The number of ether oxygens (including phenoxy) is 3. The van der Waals surface area contributed by atoms with Crippen LogP contribution in [0.5, 0.6) is 5.75 Å². The lowest BCUT2D eigenvalue weighted by Crippen LogP contribution is -2.37. The summed E-state index contributed by atoms with van der Waals surface area (Å²) in [4.78, 5) is 36.7. The minimum Gasteiger partial charge on any atom is -0.497 e. The smallest absolute Gasteiger partial charge is 0.310 e. The molecule has 2 aliphatic rings. The van der Waals surface area contributed by atoms with Crippen LogP contribution in [0.4, 0.5) is 0 Å². The van der Waals surface area contributed by atoms with Crippen molar-refractivity contribution in [3.8, 4) is 5.75 Å². The standard InChI is InChI=1S/C19H22O6/c1-23-14-7-5-11(6-8-14)15(20)10-25-19(22)17-13-4-3-12(9-13)16(17)18(21)24-2/h5-8,12-13,16-17H,3-4,9-10H2,1-2H3. The van der Waals surface area contributed by atoms with Gasteiger partial charge in [0.2, 0.25) is 0 Å². The lowest BCUT2D eigenvalue weighted by Gasteiger charge is -2.27. The second kappa shape index (κ2) is 7.25. The van der Waals surface area contributed by atoms with Crippen molar-refractivity contribution >= 4 is 17.7 Å². The van der Waals surface area contributed by atoms with Gasteiger partial charge in [-0.15, -0.1) is 0 Å². The Morgan fingerprint density at radius 1 is 0.960 bits per heavy atom. The first-order valence-electron chi connectivity index (χ1n) is 8.47. The van der Waals surface area contributed by atoms with E-state index in [0.29, 0.717) is 11.3 Å². The fraction of sp³-hybridized carbons (Fsp3) is 0.526. The van der Waals surface area contributed by atoms with Crippen molar-refractivity contribution < 1.29 is 28.6 Å². The molecular weight excluding hydrogens is 324 g/mol. The van der Waals surface area contributed by atoms with E-state index < -0.39 is 17.8 Å². The van der Waals surface area contributed by atoms with Gasteiger partial charge in [-0.3, -0.25) is 14.4 Å². The molecular formula is C19H22O6. The van der Waals surface area contributed by atoms with E-state index in [1.807, 2.05) is 0 Å². The molecule has 4 unspecified atom stereocenters. The average molecular weight is 346 g/mol. The van der Waals surface area contributed by atoms with Gasteiger partial charge >= 0.3 is 11.9 Å². The minimum atomic E-state index is -0.491. The number of Topliss-reactive ketones (excluding diaryl/α,β-unsaturated/α-hetero) is 1. The second-order valence-corrected chi connectivity index (χ2v) is 6.67. The van der Waals surface area contributed by atoms with Crippen molar-refractivity contribution in [2.75, 3.05) is 20.8 Å². The Kier molecular flexibility index (Phi) is 5.06. The molecule has 2 fully saturated rings. The first-order chi connectivity index (χ1) is 12.0. The molecule has 0 aromatic heterocycles. The number of esters is 2. The third kappa shape index (κ3) is 3.38. The zero-order valence-corrected chi connectivity index (χ0v) is 14.4. The van der Waals surface area contributed by atoms with Gasteiger partial charge < -0.3 is 14.2 Å². The molecule has 0 heterocycles. The number of benzene rings is 1. The fourth-order valence-electron chi connectivity index (χ4n) is 4.20. The highest BCUT2D eigenvalue weighted by molar-refractivity contribution is 5.98. The highest BCUT2D eigenvalue weighted by Crippen LogP contribution is 2.53. The van der Waals surface area contributed by atoms with Crippen molar-refractivity contribution in [3.05, 3.63) is 29.8 Å². The van der Waals surface area contributed by atoms with Crippen molar-refractivity contribution in [2.24, 2.45) is 23.7 Å². The van der Waals surface area contributed by atoms with Gasteiger partial charge in [0.1, 0.15) is 5.75 Å². The Bertz CT molecular complexity index is 665. The molecule has 0 saturated heterocycles. The monoisotopic (exact) mass is 346 g/mol. The van der Waals surface area contributed by atoms with Crippen molar-refractivity contribution in [2.45, 2.75) is 19.3 Å². The summed E-state index contributed by atoms with van der Waals surface area (Å²) in [5, 5.41) is 0. The SMILES string of the molecule is COC(=O)C1C2CCC(C2)C1C(=O)OCC(=O)c1ccc(OC)cc1. The van der Waals surface area contributed by atoms with Gasteiger partial charge in [-0.05, 0) is 55.4 Å². The van der Waals surface area contributed by atoms with Crippen molar-refractivity contribution in [1.29, 1.82) is 0 Å². The number of methoxy groups -OCH3 is 2. The molecule has 2 aliphatic carbocycles. The van der Waals surface area contributed by atoms with Gasteiger partial charge in [-0.1, -0.05) is 0 Å². The summed E-state index contributed by atoms with van der Waals surface area (Å²) in [5.41, 5.74) is 0.450. The van der Waals surface area contributed by atoms with Gasteiger partial charge in [-0.2, -0.15) is 0 Å². The van der Waals surface area contributed by atoms with E-state index in [0.717, 1.165) is 19.3 Å². The Morgan fingerprint density at radius 2 is 1.56 bits per heavy atom. The average Bonchev–Trinajstić information content (AvgIpc) is 3.26. The van der Waals surface area contributed by atoms with Crippen molar-refractivity contribution in [3.63, 3.8) is 0 Å². The van der Waals surface area contributed by atoms with Crippen molar-refractivity contribution in [1.82, 2.24) is 0 Å². The molecule has 1 aromatic rings. The van der Waals surface area contributed by atoms with E-state index in [-0.39, 0.29) is 30.2 Å². The summed E-state index contributed by atoms with van der Waals surface area (Å²) in [6.45, 7) is -0.326. The van der Waals surface area contributed by atoms with Crippen LogP contribution in [0.1, 0.15) is 29.6 Å². The zero-order chi connectivity index (χ0) is 18.0. The molecule has 2 bridgehead atoms. The molecule has 2 saturated carbocycles. The molecule has 6 nitrogen and oxygen atoms in total. The predicted molar refractivity (Wildman–Crippen MR) is 88.1 cm³/mol. The second-order valence-electron chi connectivity index (χ2n) is 6.67. The summed E-state index contributed by atoms with van der Waals surface area (Å²) in [5.74, 6) is -1.04. The van der Waals surface area contributed by atoms with Gasteiger partial charge in [0, 0.05) is 5.56 Å². The molecule has 134 valence electrons. The molecule has 4 atom stereocenters. The van der Waals surface area contributed by atoms with Gasteiger partial charge in [0.25, 0.3) is 0 Å². The summed E-state index contributed by atoms with van der Waals surface area (Å²) in [7, 11) is 2.88. The highest BCUT2D eigenvalue weighted by atomic mass is 16.5. The van der Waals surface area contributed by atoms with E-state index in [2.05, 4.69) is 0 Å². The summed E-state index contributed by atoms with van der Waals surface area (Å²) in [6.07, 6.45) is 2.72. The largest absolute Gasteiger partial charge is 0.497 e. The molecule has 6 heteroatoms. The molecule has 0 N–H and O–H groups in total. The Balaban J connectivity index is 1.61. The third-order valence-electron chi connectivity index (χ3n) is 5.42. The Hall–Kier alpha value is -2.37. The summed E-state index contributed by atoms with van der Waals surface area (Å²) >= 11 is 0. The molecule has 0 radical (unpaired) electrons. The Morgan fingerprint density at radius 3 is 2.12 bits per heavy atom. The number of fused-ring (bicyclic) bond motifs is 2. The van der Waals surface area contributed by atoms with E-state index in [4.69, 9.17) is 14.2 Å². The van der Waals surface area contributed by atoms with Crippen LogP contribution in [0.3, 0.4) is 0 Å². The maximum absolute atomic E-state index is 12.5. The maximum atomic E-state index is 12.5. The van der Waals surface area contributed by atoms with Crippen LogP contribution in [0.25, 0.3) is 0 Å². The third-order valence-corrected chi connectivity index (χ3v) is 5.42. The van der Waals surface area contributed by atoms with Crippen LogP contribution in [0.15, 0.2) is 24.3 Å². The lowest BCUT2D eigenvalue weighted by molar-refractivity contribution is -0.161. The van der Waals surface area contributed by atoms with E-state index in [9.17, 15) is 14.4 Å². The number of carbonyl (C=O) groups excluding carboxylic acids is 3. The van der Waals surface area contributed by atoms with E-state index in [1.165, 1.54) is 7.11 Å². The number of carbonyl (C=O) groups is 3. The molecule has 25 heavy (non-hydrogen) atoms. The Labute approximate surface area is 146 Å². The van der Waals surface area contributed by atoms with E-state index in [1.54, 1.807) is 31.4 Å². The number of rotatable bonds is 6. The van der Waals surface area contributed by atoms with Crippen LogP contribution < -0.4 is 4.74 Å². The molecule has 1 aromatic carbocycles. The molecule has 3 rings (SSSR count). The molecule has 0 spiro atoms. The van der Waals surface area contributed by atoms with Crippen LogP contribution in [-0.2, 0) is 19.1 Å². The maximum Gasteiger partial charge on any atom is 0.310 e. The van der Waals surface area contributed by atoms with Crippen LogP contribution in [0, 0.1) is 23.7 Å². The van der Waals surface area contributed by atoms with Gasteiger partial charge in [-0.25, -0.2) is 0 Å². The summed E-state index contributed by atoms with van der Waals surface area (Å²) < 4.78 is 15.2.